The van der Waals surface area contributed by atoms with E-state index in [0.717, 1.165) is 11.1 Å². The third-order valence-electron chi connectivity index (χ3n) is 5.25. The molecule has 0 radical (unpaired) electrons. The van der Waals surface area contributed by atoms with Crippen LogP contribution in [0, 0.1) is 0 Å². The van der Waals surface area contributed by atoms with E-state index in [2.05, 4.69) is 5.32 Å². The maximum atomic E-state index is 13.0. The van der Waals surface area contributed by atoms with Crippen molar-refractivity contribution in [3.8, 4) is 0 Å². The first-order valence-electron chi connectivity index (χ1n) is 11.1. The first-order valence-corrected chi connectivity index (χ1v) is 11.1. The fourth-order valence-electron chi connectivity index (χ4n) is 3.29. The Morgan fingerprint density at radius 1 is 0.969 bits per heavy atom. The van der Waals surface area contributed by atoms with Crippen molar-refractivity contribution < 1.29 is 19.1 Å². The number of esters is 2. The van der Waals surface area contributed by atoms with E-state index in [1.165, 1.54) is 0 Å². The van der Waals surface area contributed by atoms with E-state index in [0.29, 0.717) is 12.8 Å². The highest BCUT2D eigenvalue weighted by molar-refractivity contribution is 5.78. The van der Waals surface area contributed by atoms with Gasteiger partial charge in [-0.25, -0.2) is 0 Å². The van der Waals surface area contributed by atoms with E-state index in [9.17, 15) is 9.59 Å². The molecule has 2 rings (SSSR count). The maximum absolute atomic E-state index is 13.0. The van der Waals surface area contributed by atoms with E-state index < -0.39 is 23.3 Å². The van der Waals surface area contributed by atoms with Gasteiger partial charge in [-0.3, -0.25) is 14.9 Å². The summed E-state index contributed by atoms with van der Waals surface area (Å²) >= 11 is 0. The Morgan fingerprint density at radius 3 is 2.09 bits per heavy atom. The fourth-order valence-corrected chi connectivity index (χ4v) is 3.29. The Kier molecular flexibility index (Phi) is 9.42. The molecule has 32 heavy (non-hydrogen) atoms. The first kappa shape index (κ1) is 25.6. The van der Waals surface area contributed by atoms with E-state index in [1.54, 1.807) is 0 Å². The van der Waals surface area contributed by atoms with Gasteiger partial charge in [-0.05, 0) is 44.7 Å². The molecule has 0 aromatic heterocycles. The van der Waals surface area contributed by atoms with Gasteiger partial charge in [0.15, 0.2) is 0 Å². The van der Waals surface area contributed by atoms with Gasteiger partial charge in [-0.1, -0.05) is 67.6 Å². The predicted molar refractivity (Wildman–Crippen MR) is 126 cm³/mol. The Morgan fingerprint density at radius 2 is 1.53 bits per heavy atom. The second-order valence-corrected chi connectivity index (χ2v) is 9.00. The van der Waals surface area contributed by atoms with Crippen molar-refractivity contribution in [1.29, 1.82) is 0 Å². The molecule has 2 aromatic carbocycles. The lowest BCUT2D eigenvalue weighted by molar-refractivity contribution is -0.160. The van der Waals surface area contributed by atoms with E-state index >= 15 is 0 Å². The average molecular weight is 441 g/mol. The molecule has 6 nitrogen and oxygen atoms in total. The van der Waals surface area contributed by atoms with Crippen molar-refractivity contribution >= 4 is 11.9 Å². The Bertz CT molecular complexity index is 851. The molecule has 2 atom stereocenters. The molecule has 0 aliphatic heterocycles. The second kappa shape index (κ2) is 11.8. The summed E-state index contributed by atoms with van der Waals surface area (Å²) in [6.07, 6.45) is 1.51. The van der Waals surface area contributed by atoms with Gasteiger partial charge in [-0.2, -0.15) is 0 Å². The SMILES string of the molecule is CCC(C)(N)NC(CCC(=O)OCc1ccccc1)C(=O)OC(C)(C)Cc1ccccc1. The molecule has 0 saturated heterocycles. The number of hydrogen-bond acceptors (Lipinski definition) is 6. The summed E-state index contributed by atoms with van der Waals surface area (Å²) < 4.78 is 11.2. The summed E-state index contributed by atoms with van der Waals surface area (Å²) in [6, 6.07) is 18.6. The monoisotopic (exact) mass is 440 g/mol. The number of carbonyl (C=O) groups excluding carboxylic acids is 2. The number of benzene rings is 2. The van der Waals surface area contributed by atoms with Crippen LogP contribution >= 0.6 is 0 Å². The van der Waals surface area contributed by atoms with Crippen LogP contribution in [0.4, 0.5) is 0 Å². The highest BCUT2D eigenvalue weighted by Crippen LogP contribution is 2.19. The van der Waals surface area contributed by atoms with Gasteiger partial charge in [0.25, 0.3) is 0 Å². The molecule has 3 N–H and O–H groups in total. The molecule has 0 aliphatic rings. The Hall–Kier alpha value is -2.70. The highest BCUT2D eigenvalue weighted by atomic mass is 16.6. The lowest BCUT2D eigenvalue weighted by Crippen LogP contribution is -2.58. The van der Waals surface area contributed by atoms with Gasteiger partial charge in [0, 0.05) is 12.8 Å². The highest BCUT2D eigenvalue weighted by Gasteiger charge is 2.32. The predicted octanol–water partition coefficient (Wildman–Crippen LogP) is 4.12. The molecule has 6 heteroatoms. The van der Waals surface area contributed by atoms with Crippen molar-refractivity contribution in [1.82, 2.24) is 5.32 Å². The normalized spacial score (nSPS) is 14.3. The Balaban J connectivity index is 1.97. The number of rotatable bonds is 12. The van der Waals surface area contributed by atoms with Crippen molar-refractivity contribution in [2.75, 3.05) is 0 Å². The third kappa shape index (κ3) is 9.20. The maximum Gasteiger partial charge on any atom is 0.323 e. The smallest absolute Gasteiger partial charge is 0.323 e. The van der Waals surface area contributed by atoms with Gasteiger partial charge in [-0.15, -0.1) is 0 Å². The molecule has 0 heterocycles. The molecule has 0 saturated carbocycles. The number of nitrogens with two attached hydrogens (primary N) is 1. The first-order chi connectivity index (χ1) is 15.1. The van der Waals surface area contributed by atoms with E-state index in [-0.39, 0.29) is 25.4 Å². The average Bonchev–Trinajstić information content (AvgIpc) is 2.75. The van der Waals surface area contributed by atoms with Crippen LogP contribution in [-0.4, -0.2) is 29.2 Å². The molecule has 2 unspecified atom stereocenters. The largest absolute Gasteiger partial charge is 0.461 e. The van der Waals surface area contributed by atoms with Crippen LogP contribution in [0.5, 0.6) is 0 Å². The van der Waals surface area contributed by atoms with Crippen LogP contribution in [0.25, 0.3) is 0 Å². The topological polar surface area (TPSA) is 90.6 Å². The molecule has 174 valence electrons. The van der Waals surface area contributed by atoms with Crippen LogP contribution < -0.4 is 11.1 Å². The number of carbonyl (C=O) groups is 2. The van der Waals surface area contributed by atoms with E-state index in [4.69, 9.17) is 15.2 Å². The van der Waals surface area contributed by atoms with Crippen LogP contribution in [0.3, 0.4) is 0 Å². The third-order valence-corrected chi connectivity index (χ3v) is 5.25. The number of ether oxygens (including phenoxy) is 2. The standard InChI is InChI=1S/C26H36N2O4/c1-5-26(4,27)28-22(16-17-23(29)31-19-21-14-10-7-11-15-21)24(30)32-25(2,3)18-20-12-8-6-9-13-20/h6-15,22,28H,5,16-19,27H2,1-4H3. The summed E-state index contributed by atoms with van der Waals surface area (Å²) in [6.45, 7) is 7.71. The zero-order chi connectivity index (χ0) is 23.6. The summed E-state index contributed by atoms with van der Waals surface area (Å²) in [5.74, 6) is -0.792. The summed E-state index contributed by atoms with van der Waals surface area (Å²) in [5, 5.41) is 3.15. The fraction of sp³-hybridized carbons (Fsp3) is 0.462. The van der Waals surface area contributed by atoms with Crippen molar-refractivity contribution in [2.45, 2.75) is 77.3 Å². The lowest BCUT2D eigenvalue weighted by Gasteiger charge is -2.33. The summed E-state index contributed by atoms with van der Waals surface area (Å²) in [5.41, 5.74) is 6.78. The van der Waals surface area contributed by atoms with Crippen molar-refractivity contribution in [3.63, 3.8) is 0 Å². The van der Waals surface area contributed by atoms with Crippen LogP contribution in [0.1, 0.15) is 58.1 Å². The Labute approximate surface area is 191 Å². The molecule has 0 aliphatic carbocycles. The number of nitrogens with one attached hydrogen (secondary N) is 1. The molecule has 0 fully saturated rings. The zero-order valence-corrected chi connectivity index (χ0v) is 19.6. The minimum Gasteiger partial charge on any atom is -0.461 e. The van der Waals surface area contributed by atoms with Gasteiger partial charge in [0.05, 0.1) is 5.66 Å². The number of hydrogen-bond donors (Lipinski definition) is 2. The second-order valence-electron chi connectivity index (χ2n) is 9.00. The lowest BCUT2D eigenvalue weighted by atomic mass is 9.98. The molecule has 0 spiro atoms. The quantitative estimate of drug-likeness (QED) is 0.381. The minimum atomic E-state index is -0.763. The van der Waals surface area contributed by atoms with Gasteiger partial charge < -0.3 is 15.2 Å². The molecular weight excluding hydrogens is 404 g/mol. The van der Waals surface area contributed by atoms with Crippen molar-refractivity contribution in [3.05, 3.63) is 71.8 Å². The van der Waals surface area contributed by atoms with Crippen LogP contribution in [0.2, 0.25) is 0 Å². The molecule has 0 bridgehead atoms. The van der Waals surface area contributed by atoms with Gasteiger partial charge in [0.1, 0.15) is 18.2 Å². The summed E-state index contributed by atoms with van der Waals surface area (Å²) in [7, 11) is 0. The van der Waals surface area contributed by atoms with Gasteiger partial charge >= 0.3 is 11.9 Å². The molecular formula is C26H36N2O4. The zero-order valence-electron chi connectivity index (χ0n) is 19.6. The van der Waals surface area contributed by atoms with Crippen LogP contribution in [-0.2, 0) is 32.1 Å². The minimum absolute atomic E-state index is 0.0819. The van der Waals surface area contributed by atoms with Gasteiger partial charge in [0.2, 0.25) is 0 Å². The van der Waals surface area contributed by atoms with Crippen molar-refractivity contribution in [2.24, 2.45) is 5.73 Å². The van der Waals surface area contributed by atoms with Crippen LogP contribution in [0.15, 0.2) is 60.7 Å². The molecule has 2 aromatic rings. The van der Waals surface area contributed by atoms with E-state index in [1.807, 2.05) is 88.4 Å². The molecule has 0 amide bonds. The summed E-state index contributed by atoms with van der Waals surface area (Å²) in [4.78, 5) is 25.3.